The van der Waals surface area contributed by atoms with E-state index in [4.69, 9.17) is 27.9 Å². The van der Waals surface area contributed by atoms with Crippen molar-refractivity contribution in [1.82, 2.24) is 5.32 Å². The van der Waals surface area contributed by atoms with Crippen LogP contribution in [0.4, 0.5) is 0 Å². The Bertz CT molecular complexity index is 605. The number of ether oxygens (including phenoxy) is 1. The van der Waals surface area contributed by atoms with Gasteiger partial charge in [-0.15, -0.1) is 0 Å². The molecule has 0 fully saturated rings. The second-order valence-corrected chi connectivity index (χ2v) is 6.09. The highest BCUT2D eigenvalue weighted by Crippen LogP contribution is 2.27. The van der Waals surface area contributed by atoms with Gasteiger partial charge in [0, 0.05) is 23.0 Å². The van der Waals surface area contributed by atoms with E-state index in [0.717, 1.165) is 42.3 Å². The van der Waals surface area contributed by atoms with Crippen molar-refractivity contribution in [3.05, 3.63) is 63.6 Å². The van der Waals surface area contributed by atoms with Gasteiger partial charge in [-0.2, -0.15) is 0 Å². The molecule has 21 heavy (non-hydrogen) atoms. The zero-order valence-electron chi connectivity index (χ0n) is 11.6. The van der Waals surface area contributed by atoms with E-state index in [1.54, 1.807) is 6.07 Å². The lowest BCUT2D eigenvalue weighted by Crippen LogP contribution is -2.31. The van der Waals surface area contributed by atoms with E-state index in [1.165, 1.54) is 5.56 Å². The van der Waals surface area contributed by atoms with Crippen LogP contribution in [-0.2, 0) is 12.8 Å². The van der Waals surface area contributed by atoms with E-state index in [1.807, 2.05) is 24.3 Å². The summed E-state index contributed by atoms with van der Waals surface area (Å²) in [5, 5.41) is 4.84. The average Bonchev–Trinajstić information content (AvgIpc) is 2.88. The molecule has 1 N–H and O–H groups in total. The fourth-order valence-electron chi connectivity index (χ4n) is 2.58. The van der Waals surface area contributed by atoms with Crippen LogP contribution in [0.5, 0.6) is 5.75 Å². The molecule has 4 heteroatoms. The molecule has 0 bridgehead atoms. The number of halogens is 2. The Kier molecular flexibility index (Phi) is 4.69. The normalized spacial score (nSPS) is 16.6. The number of benzene rings is 2. The van der Waals surface area contributed by atoms with Gasteiger partial charge in [0.05, 0.1) is 0 Å². The van der Waals surface area contributed by atoms with Gasteiger partial charge in [-0.05, 0) is 42.3 Å². The van der Waals surface area contributed by atoms with Crippen LogP contribution in [0, 0.1) is 0 Å². The summed E-state index contributed by atoms with van der Waals surface area (Å²) in [4.78, 5) is 0. The molecule has 0 saturated carbocycles. The lowest BCUT2D eigenvalue weighted by Gasteiger charge is -2.12. The number of hydrogen-bond donors (Lipinski definition) is 1. The first-order valence-electron chi connectivity index (χ1n) is 7.11. The third kappa shape index (κ3) is 3.70. The topological polar surface area (TPSA) is 21.3 Å². The number of nitrogens with one attached hydrogen (secondary N) is 1. The molecular weight excluding hydrogens is 305 g/mol. The van der Waals surface area contributed by atoms with Crippen molar-refractivity contribution < 1.29 is 4.74 Å². The van der Waals surface area contributed by atoms with Crippen LogP contribution in [0.25, 0.3) is 0 Å². The summed E-state index contributed by atoms with van der Waals surface area (Å²) < 4.78 is 5.89. The zero-order valence-corrected chi connectivity index (χ0v) is 13.1. The van der Waals surface area contributed by atoms with Gasteiger partial charge in [0.2, 0.25) is 0 Å². The standard InChI is InChI=1S/C17H17Cl2NO/c18-14-6-5-12(16(19)10-14)7-8-20-11-15-9-13-3-1-2-4-17(13)21-15/h1-6,10,15,20H,7-9,11H2. The molecule has 0 spiro atoms. The molecule has 1 heterocycles. The van der Waals surface area contributed by atoms with Crippen molar-refractivity contribution in [2.45, 2.75) is 18.9 Å². The molecule has 1 atom stereocenters. The number of fused-ring (bicyclic) bond motifs is 1. The van der Waals surface area contributed by atoms with Gasteiger partial charge in [0.25, 0.3) is 0 Å². The van der Waals surface area contributed by atoms with Gasteiger partial charge in [0.15, 0.2) is 0 Å². The fourth-order valence-corrected chi connectivity index (χ4v) is 3.08. The Morgan fingerprint density at radius 3 is 2.81 bits per heavy atom. The van der Waals surface area contributed by atoms with Crippen LogP contribution in [0.1, 0.15) is 11.1 Å². The zero-order chi connectivity index (χ0) is 14.7. The first-order valence-corrected chi connectivity index (χ1v) is 7.87. The SMILES string of the molecule is Clc1ccc(CCNCC2Cc3ccccc3O2)c(Cl)c1. The maximum absolute atomic E-state index is 6.16. The van der Waals surface area contributed by atoms with E-state index in [-0.39, 0.29) is 6.10 Å². The third-order valence-electron chi connectivity index (χ3n) is 3.67. The second-order valence-electron chi connectivity index (χ2n) is 5.24. The first-order chi connectivity index (χ1) is 10.2. The molecule has 0 saturated heterocycles. The summed E-state index contributed by atoms with van der Waals surface area (Å²) in [6.07, 6.45) is 2.09. The van der Waals surface area contributed by atoms with Crippen molar-refractivity contribution >= 4 is 23.2 Å². The van der Waals surface area contributed by atoms with Crippen LogP contribution in [0.15, 0.2) is 42.5 Å². The Labute approximate surface area is 135 Å². The Hall–Kier alpha value is -1.22. The van der Waals surface area contributed by atoms with Gasteiger partial charge < -0.3 is 10.1 Å². The molecule has 0 aromatic heterocycles. The molecule has 3 rings (SSSR count). The van der Waals surface area contributed by atoms with Crippen molar-refractivity contribution in [1.29, 1.82) is 0 Å². The summed E-state index contributed by atoms with van der Waals surface area (Å²) >= 11 is 12.1. The second kappa shape index (κ2) is 6.69. The van der Waals surface area contributed by atoms with E-state index >= 15 is 0 Å². The Morgan fingerprint density at radius 1 is 1.14 bits per heavy atom. The predicted molar refractivity (Wildman–Crippen MR) is 87.6 cm³/mol. The van der Waals surface area contributed by atoms with Crippen LogP contribution in [-0.4, -0.2) is 19.2 Å². The molecular formula is C17H17Cl2NO. The van der Waals surface area contributed by atoms with E-state index in [9.17, 15) is 0 Å². The molecule has 110 valence electrons. The van der Waals surface area contributed by atoms with E-state index in [2.05, 4.69) is 17.4 Å². The minimum Gasteiger partial charge on any atom is -0.488 e. The lowest BCUT2D eigenvalue weighted by atomic mass is 10.1. The number of hydrogen-bond acceptors (Lipinski definition) is 2. The quantitative estimate of drug-likeness (QED) is 0.836. The largest absolute Gasteiger partial charge is 0.488 e. The molecule has 1 unspecified atom stereocenters. The van der Waals surface area contributed by atoms with Crippen LogP contribution < -0.4 is 10.1 Å². The molecule has 2 nitrogen and oxygen atoms in total. The van der Waals surface area contributed by atoms with Crippen LogP contribution >= 0.6 is 23.2 Å². The maximum atomic E-state index is 6.16. The van der Waals surface area contributed by atoms with Crippen molar-refractivity contribution in [2.75, 3.05) is 13.1 Å². The fraction of sp³-hybridized carbons (Fsp3) is 0.294. The van der Waals surface area contributed by atoms with Gasteiger partial charge in [0.1, 0.15) is 11.9 Å². The minimum absolute atomic E-state index is 0.225. The highest BCUT2D eigenvalue weighted by molar-refractivity contribution is 6.35. The average molecular weight is 322 g/mol. The number of rotatable bonds is 5. The van der Waals surface area contributed by atoms with Crippen LogP contribution in [0.2, 0.25) is 10.0 Å². The van der Waals surface area contributed by atoms with Crippen molar-refractivity contribution in [2.24, 2.45) is 0 Å². The predicted octanol–water partition coefficient (Wildman–Crippen LogP) is 4.13. The molecule has 2 aromatic rings. The molecule has 2 aromatic carbocycles. The van der Waals surface area contributed by atoms with Gasteiger partial charge in [-0.1, -0.05) is 47.5 Å². The smallest absolute Gasteiger partial charge is 0.123 e. The third-order valence-corrected chi connectivity index (χ3v) is 4.26. The van der Waals surface area contributed by atoms with Crippen molar-refractivity contribution in [3.63, 3.8) is 0 Å². The van der Waals surface area contributed by atoms with E-state index < -0.39 is 0 Å². The Balaban J connectivity index is 1.43. The summed E-state index contributed by atoms with van der Waals surface area (Å²) in [5.41, 5.74) is 2.41. The highest BCUT2D eigenvalue weighted by atomic mass is 35.5. The van der Waals surface area contributed by atoms with Gasteiger partial charge in [-0.25, -0.2) is 0 Å². The molecule has 0 amide bonds. The molecule has 0 aliphatic carbocycles. The summed E-state index contributed by atoms with van der Waals surface area (Å²) in [6.45, 7) is 1.72. The lowest BCUT2D eigenvalue weighted by molar-refractivity contribution is 0.228. The van der Waals surface area contributed by atoms with Crippen LogP contribution in [0.3, 0.4) is 0 Å². The van der Waals surface area contributed by atoms with Gasteiger partial charge in [-0.3, -0.25) is 0 Å². The minimum atomic E-state index is 0.225. The van der Waals surface area contributed by atoms with Gasteiger partial charge >= 0.3 is 0 Å². The van der Waals surface area contributed by atoms with Crippen molar-refractivity contribution in [3.8, 4) is 5.75 Å². The number of para-hydroxylation sites is 1. The molecule has 1 aliphatic heterocycles. The first kappa shape index (κ1) is 14.7. The summed E-state index contributed by atoms with van der Waals surface area (Å²) in [7, 11) is 0. The Morgan fingerprint density at radius 2 is 2.00 bits per heavy atom. The maximum Gasteiger partial charge on any atom is 0.123 e. The highest BCUT2D eigenvalue weighted by Gasteiger charge is 2.21. The monoisotopic (exact) mass is 321 g/mol. The summed E-state index contributed by atoms with van der Waals surface area (Å²) in [5.74, 6) is 1.02. The summed E-state index contributed by atoms with van der Waals surface area (Å²) in [6, 6.07) is 13.9. The van der Waals surface area contributed by atoms with E-state index in [0.29, 0.717) is 5.02 Å². The molecule has 1 aliphatic rings. The molecule has 0 radical (unpaired) electrons.